The van der Waals surface area contributed by atoms with Gasteiger partial charge >= 0.3 is 0 Å². The van der Waals surface area contributed by atoms with Crippen molar-refractivity contribution in [2.75, 3.05) is 7.05 Å². The van der Waals surface area contributed by atoms with Crippen LogP contribution < -0.4 is 0 Å². The van der Waals surface area contributed by atoms with Crippen LogP contribution in [0.15, 0.2) is 65.2 Å². The highest BCUT2D eigenvalue weighted by Crippen LogP contribution is 2.24. The third-order valence-electron chi connectivity index (χ3n) is 3.84. The Labute approximate surface area is 148 Å². The molecule has 5 nitrogen and oxygen atoms in total. The fourth-order valence-corrected chi connectivity index (χ4v) is 3.59. The van der Waals surface area contributed by atoms with Gasteiger partial charge in [-0.15, -0.1) is 11.3 Å². The second kappa shape index (κ2) is 6.49. The van der Waals surface area contributed by atoms with E-state index >= 15 is 0 Å². The number of hydrogen-bond donors (Lipinski definition) is 0. The number of fused-ring (bicyclic) bond motifs is 1. The summed E-state index contributed by atoms with van der Waals surface area (Å²) in [6.45, 7) is 0.436. The van der Waals surface area contributed by atoms with Gasteiger partial charge in [-0.05, 0) is 12.1 Å². The van der Waals surface area contributed by atoms with Crippen LogP contribution in [0, 0.1) is 0 Å². The minimum Gasteiger partial charge on any atom is -0.355 e. The number of thiazole rings is 1. The first kappa shape index (κ1) is 15.5. The zero-order valence-electron chi connectivity index (χ0n) is 13.5. The first-order chi connectivity index (χ1) is 12.2. The molecule has 2 aromatic carbocycles. The van der Waals surface area contributed by atoms with Crippen molar-refractivity contribution in [1.82, 2.24) is 15.0 Å². The molecule has 25 heavy (non-hydrogen) atoms. The molecule has 4 aromatic rings. The van der Waals surface area contributed by atoms with Gasteiger partial charge in [0.25, 0.3) is 5.91 Å². The minimum atomic E-state index is -0.190. The fraction of sp³-hybridized carbons (Fsp3) is 0.105. The topological polar surface area (TPSA) is 59.2 Å². The summed E-state index contributed by atoms with van der Waals surface area (Å²) in [5.74, 6) is 0.391. The number of para-hydroxylation sites is 1. The molecule has 2 aromatic heterocycles. The van der Waals surface area contributed by atoms with Gasteiger partial charge in [-0.1, -0.05) is 47.6 Å². The minimum absolute atomic E-state index is 0.190. The van der Waals surface area contributed by atoms with E-state index in [4.69, 9.17) is 4.52 Å². The average Bonchev–Trinajstić information content (AvgIpc) is 3.28. The van der Waals surface area contributed by atoms with E-state index in [9.17, 15) is 4.79 Å². The van der Waals surface area contributed by atoms with Crippen LogP contribution >= 0.6 is 11.3 Å². The quantitative estimate of drug-likeness (QED) is 0.553. The summed E-state index contributed by atoms with van der Waals surface area (Å²) < 4.78 is 6.43. The summed E-state index contributed by atoms with van der Waals surface area (Å²) >= 11 is 1.59. The largest absolute Gasteiger partial charge is 0.355 e. The van der Waals surface area contributed by atoms with Crippen molar-refractivity contribution in [2.45, 2.75) is 6.54 Å². The number of amides is 1. The molecule has 1 amide bonds. The summed E-state index contributed by atoms with van der Waals surface area (Å²) in [5, 5.41) is 4.81. The molecule has 0 unspecified atom stereocenters. The van der Waals surface area contributed by atoms with Crippen LogP contribution in [0.25, 0.3) is 21.5 Å². The summed E-state index contributed by atoms with van der Waals surface area (Å²) in [7, 11) is 1.74. The zero-order valence-corrected chi connectivity index (χ0v) is 14.4. The van der Waals surface area contributed by atoms with Crippen LogP contribution in [-0.4, -0.2) is 28.0 Å². The Kier molecular flexibility index (Phi) is 4.03. The summed E-state index contributed by atoms with van der Waals surface area (Å²) in [5.41, 5.74) is 2.14. The van der Waals surface area contributed by atoms with Gasteiger partial charge in [0, 0.05) is 18.7 Å². The predicted octanol–water partition coefficient (Wildman–Crippen LogP) is 4.22. The summed E-state index contributed by atoms with van der Waals surface area (Å²) in [4.78, 5) is 18.8. The molecule has 0 fully saturated rings. The van der Waals surface area contributed by atoms with Crippen LogP contribution in [0.5, 0.6) is 0 Å². The molecule has 0 bridgehead atoms. The lowest BCUT2D eigenvalue weighted by molar-refractivity contribution is 0.0775. The molecule has 0 aliphatic carbocycles. The first-order valence-corrected chi connectivity index (χ1v) is 8.64. The van der Waals surface area contributed by atoms with E-state index < -0.39 is 0 Å². The van der Waals surface area contributed by atoms with Gasteiger partial charge in [-0.2, -0.15) is 0 Å². The molecule has 6 heteroatoms. The van der Waals surface area contributed by atoms with Crippen molar-refractivity contribution in [3.8, 4) is 11.3 Å². The van der Waals surface area contributed by atoms with Crippen molar-refractivity contribution < 1.29 is 9.32 Å². The Bertz CT molecular complexity index is 990. The third-order valence-corrected chi connectivity index (χ3v) is 4.87. The number of carbonyl (C=O) groups excluding carboxylic acids is 1. The normalized spacial score (nSPS) is 10.9. The fourth-order valence-electron chi connectivity index (χ4n) is 2.57. The van der Waals surface area contributed by atoms with Gasteiger partial charge in [-0.3, -0.25) is 4.79 Å². The smallest absolute Gasteiger partial charge is 0.276 e. The second-order valence-corrected chi connectivity index (χ2v) is 6.79. The van der Waals surface area contributed by atoms with Crippen LogP contribution in [0.1, 0.15) is 15.5 Å². The molecule has 0 saturated carbocycles. The first-order valence-electron chi connectivity index (χ1n) is 7.83. The van der Waals surface area contributed by atoms with Crippen molar-refractivity contribution in [1.29, 1.82) is 0 Å². The Morgan fingerprint density at radius 3 is 2.68 bits per heavy atom. The van der Waals surface area contributed by atoms with Crippen LogP contribution in [0.4, 0.5) is 0 Å². The third kappa shape index (κ3) is 3.16. The van der Waals surface area contributed by atoms with Crippen LogP contribution in [-0.2, 0) is 6.54 Å². The number of carbonyl (C=O) groups is 1. The molecule has 0 atom stereocenters. The Hall–Kier alpha value is -2.99. The highest BCUT2D eigenvalue weighted by molar-refractivity contribution is 7.18. The van der Waals surface area contributed by atoms with Crippen molar-refractivity contribution in [3.05, 3.63) is 71.4 Å². The number of rotatable bonds is 4. The van der Waals surface area contributed by atoms with E-state index in [1.165, 1.54) is 0 Å². The maximum Gasteiger partial charge on any atom is 0.276 e. The number of hydrogen-bond acceptors (Lipinski definition) is 5. The van der Waals surface area contributed by atoms with E-state index in [1.807, 2.05) is 54.6 Å². The van der Waals surface area contributed by atoms with E-state index in [2.05, 4.69) is 10.1 Å². The highest BCUT2D eigenvalue weighted by Gasteiger charge is 2.19. The summed E-state index contributed by atoms with van der Waals surface area (Å²) in [6.07, 6.45) is 0. The zero-order chi connectivity index (χ0) is 17.2. The molecule has 0 aliphatic heterocycles. The van der Waals surface area contributed by atoms with E-state index in [0.29, 0.717) is 18.0 Å². The van der Waals surface area contributed by atoms with Gasteiger partial charge in [-0.25, -0.2) is 4.98 Å². The van der Waals surface area contributed by atoms with E-state index in [1.54, 1.807) is 29.4 Å². The molecule has 0 N–H and O–H groups in total. The monoisotopic (exact) mass is 349 g/mol. The molecular weight excluding hydrogens is 334 g/mol. The lowest BCUT2D eigenvalue weighted by Gasteiger charge is -2.13. The average molecular weight is 349 g/mol. The molecule has 124 valence electrons. The predicted molar refractivity (Wildman–Crippen MR) is 97.4 cm³/mol. The van der Waals surface area contributed by atoms with Gasteiger partial charge in [0.2, 0.25) is 0 Å². The van der Waals surface area contributed by atoms with Crippen molar-refractivity contribution in [3.63, 3.8) is 0 Å². The molecule has 4 rings (SSSR count). The SMILES string of the molecule is CN(Cc1nc2ccccc2s1)C(=O)c1cc(-c2ccccc2)on1. The molecule has 2 heterocycles. The Morgan fingerprint density at radius 1 is 1.12 bits per heavy atom. The molecule has 0 radical (unpaired) electrons. The molecule has 0 spiro atoms. The van der Waals surface area contributed by atoms with E-state index in [-0.39, 0.29) is 5.91 Å². The van der Waals surface area contributed by atoms with Crippen LogP contribution in [0.2, 0.25) is 0 Å². The number of benzene rings is 2. The molecule has 0 aliphatic rings. The van der Waals surface area contributed by atoms with Gasteiger partial charge in [0.05, 0.1) is 16.8 Å². The second-order valence-electron chi connectivity index (χ2n) is 5.68. The van der Waals surface area contributed by atoms with Gasteiger partial charge in [0.15, 0.2) is 11.5 Å². The van der Waals surface area contributed by atoms with Gasteiger partial charge in [0.1, 0.15) is 5.01 Å². The maximum atomic E-state index is 12.6. The lowest BCUT2D eigenvalue weighted by Crippen LogP contribution is -2.26. The highest BCUT2D eigenvalue weighted by atomic mass is 32.1. The molecular formula is C19H15N3O2S. The van der Waals surface area contributed by atoms with E-state index in [0.717, 1.165) is 20.8 Å². The van der Waals surface area contributed by atoms with Gasteiger partial charge < -0.3 is 9.42 Å². The Balaban J connectivity index is 1.51. The number of nitrogens with zero attached hydrogens (tertiary/aromatic N) is 3. The molecule has 0 saturated heterocycles. The standard InChI is InChI=1S/C19H15N3O2S/c1-22(12-18-20-14-9-5-6-10-17(14)25-18)19(23)15-11-16(24-21-15)13-7-3-2-4-8-13/h2-11H,12H2,1H3. The number of aromatic nitrogens is 2. The summed E-state index contributed by atoms with van der Waals surface area (Å²) in [6, 6.07) is 19.2. The Morgan fingerprint density at radius 2 is 1.88 bits per heavy atom. The van der Waals surface area contributed by atoms with Crippen LogP contribution in [0.3, 0.4) is 0 Å². The lowest BCUT2D eigenvalue weighted by atomic mass is 10.1. The van der Waals surface area contributed by atoms with Crippen molar-refractivity contribution >= 4 is 27.5 Å². The van der Waals surface area contributed by atoms with Crippen molar-refractivity contribution in [2.24, 2.45) is 0 Å². The maximum absolute atomic E-state index is 12.6.